The SMILES string of the molecule is CCC(C)N(CC)C(=O)c1cc(F)cc(S(N)(=O)=O)c1C. The Morgan fingerprint density at radius 2 is 1.95 bits per heavy atom. The van der Waals surface area contributed by atoms with Gasteiger partial charge in [-0.05, 0) is 44.9 Å². The molecule has 2 N–H and O–H groups in total. The summed E-state index contributed by atoms with van der Waals surface area (Å²) in [6, 6.07) is 1.86. The van der Waals surface area contributed by atoms with Crippen molar-refractivity contribution in [3.05, 3.63) is 29.1 Å². The first-order valence-corrected chi connectivity index (χ1v) is 8.32. The van der Waals surface area contributed by atoms with E-state index in [4.69, 9.17) is 5.14 Å². The molecule has 0 saturated carbocycles. The third kappa shape index (κ3) is 3.79. The highest BCUT2D eigenvalue weighted by Crippen LogP contribution is 2.22. The van der Waals surface area contributed by atoms with Crippen molar-refractivity contribution in [3.8, 4) is 0 Å². The molecule has 0 saturated heterocycles. The number of hydrogen-bond donors (Lipinski definition) is 1. The smallest absolute Gasteiger partial charge is 0.254 e. The minimum atomic E-state index is -4.08. The maximum atomic E-state index is 13.7. The van der Waals surface area contributed by atoms with Gasteiger partial charge in [-0.3, -0.25) is 4.79 Å². The van der Waals surface area contributed by atoms with E-state index in [0.29, 0.717) is 6.54 Å². The molecule has 5 nitrogen and oxygen atoms in total. The maximum Gasteiger partial charge on any atom is 0.254 e. The summed E-state index contributed by atoms with van der Waals surface area (Å²) >= 11 is 0. The van der Waals surface area contributed by atoms with E-state index >= 15 is 0 Å². The summed E-state index contributed by atoms with van der Waals surface area (Å²) in [5.41, 5.74) is 0.201. The zero-order valence-corrected chi connectivity index (χ0v) is 13.5. The zero-order valence-electron chi connectivity index (χ0n) is 12.7. The first-order chi connectivity index (χ1) is 9.63. The number of nitrogens with zero attached hydrogens (tertiary/aromatic N) is 1. The average molecular weight is 316 g/mol. The first-order valence-electron chi connectivity index (χ1n) is 6.77. The van der Waals surface area contributed by atoms with Crippen LogP contribution in [0.2, 0.25) is 0 Å². The van der Waals surface area contributed by atoms with Crippen LogP contribution in [-0.2, 0) is 10.0 Å². The van der Waals surface area contributed by atoms with Crippen molar-refractivity contribution in [2.24, 2.45) is 5.14 Å². The molecular formula is C14H21FN2O3S. The predicted octanol–water partition coefficient (Wildman–Crippen LogP) is 2.04. The molecule has 0 heterocycles. The van der Waals surface area contributed by atoms with Crippen molar-refractivity contribution < 1.29 is 17.6 Å². The standard InChI is InChI=1S/C14H21FN2O3S/c1-5-9(3)17(6-2)14(18)12-7-11(15)8-13(10(12)4)21(16,19)20/h7-9H,5-6H2,1-4H3,(H2,16,19,20). The normalized spacial score (nSPS) is 13.0. The Hall–Kier alpha value is -1.47. The van der Waals surface area contributed by atoms with Crippen LogP contribution in [-0.4, -0.2) is 31.8 Å². The maximum absolute atomic E-state index is 13.7. The van der Waals surface area contributed by atoms with E-state index in [1.807, 2.05) is 20.8 Å². The summed E-state index contributed by atoms with van der Waals surface area (Å²) in [4.78, 5) is 13.8. The van der Waals surface area contributed by atoms with Gasteiger partial charge in [-0.25, -0.2) is 17.9 Å². The van der Waals surface area contributed by atoms with Crippen molar-refractivity contribution in [2.75, 3.05) is 6.54 Å². The third-order valence-electron chi connectivity index (χ3n) is 3.59. The predicted molar refractivity (Wildman–Crippen MR) is 79.0 cm³/mol. The van der Waals surface area contributed by atoms with Gasteiger partial charge < -0.3 is 4.90 Å². The molecule has 1 aromatic rings. The van der Waals surface area contributed by atoms with Gasteiger partial charge in [0.2, 0.25) is 10.0 Å². The van der Waals surface area contributed by atoms with Crippen LogP contribution in [0, 0.1) is 12.7 Å². The van der Waals surface area contributed by atoms with E-state index in [-0.39, 0.29) is 22.1 Å². The molecular weight excluding hydrogens is 295 g/mol. The van der Waals surface area contributed by atoms with E-state index in [1.165, 1.54) is 6.92 Å². The molecule has 118 valence electrons. The summed E-state index contributed by atoms with van der Waals surface area (Å²) < 4.78 is 36.7. The lowest BCUT2D eigenvalue weighted by atomic mass is 10.1. The Bertz CT molecular complexity index is 644. The molecule has 0 radical (unpaired) electrons. The molecule has 0 spiro atoms. The second-order valence-corrected chi connectivity index (χ2v) is 6.50. The highest BCUT2D eigenvalue weighted by Gasteiger charge is 2.24. The summed E-state index contributed by atoms with van der Waals surface area (Å²) in [7, 11) is -4.08. The number of carbonyl (C=O) groups is 1. The van der Waals surface area contributed by atoms with Crippen molar-refractivity contribution in [1.29, 1.82) is 0 Å². The van der Waals surface area contributed by atoms with Crippen molar-refractivity contribution in [1.82, 2.24) is 4.90 Å². The van der Waals surface area contributed by atoms with Crippen LogP contribution in [0.25, 0.3) is 0 Å². The molecule has 0 aliphatic rings. The van der Waals surface area contributed by atoms with E-state index < -0.39 is 21.7 Å². The van der Waals surface area contributed by atoms with Crippen LogP contribution in [0.15, 0.2) is 17.0 Å². The van der Waals surface area contributed by atoms with Crippen LogP contribution in [0.3, 0.4) is 0 Å². The molecule has 1 aromatic carbocycles. The second kappa shape index (κ2) is 6.53. The Morgan fingerprint density at radius 3 is 2.38 bits per heavy atom. The number of carbonyl (C=O) groups excluding carboxylic acids is 1. The molecule has 1 atom stereocenters. The van der Waals surface area contributed by atoms with Gasteiger partial charge in [-0.1, -0.05) is 6.92 Å². The highest BCUT2D eigenvalue weighted by molar-refractivity contribution is 7.89. The molecule has 0 aliphatic heterocycles. The van der Waals surface area contributed by atoms with Gasteiger partial charge >= 0.3 is 0 Å². The lowest BCUT2D eigenvalue weighted by Gasteiger charge is -2.28. The average Bonchev–Trinajstić information content (AvgIpc) is 2.40. The van der Waals surface area contributed by atoms with Gasteiger partial charge in [0.15, 0.2) is 0 Å². The lowest BCUT2D eigenvalue weighted by molar-refractivity contribution is 0.0698. The Labute approximate surface area is 125 Å². The number of benzene rings is 1. The van der Waals surface area contributed by atoms with Crippen LogP contribution < -0.4 is 5.14 Å². The van der Waals surface area contributed by atoms with Crippen molar-refractivity contribution in [2.45, 2.75) is 45.1 Å². The summed E-state index contributed by atoms with van der Waals surface area (Å²) in [6.07, 6.45) is 0.746. The van der Waals surface area contributed by atoms with Gasteiger partial charge in [0.05, 0.1) is 4.90 Å². The van der Waals surface area contributed by atoms with Gasteiger partial charge in [0, 0.05) is 18.2 Å². The fourth-order valence-corrected chi connectivity index (χ4v) is 3.02. The van der Waals surface area contributed by atoms with Gasteiger partial charge in [-0.2, -0.15) is 0 Å². The molecule has 1 rings (SSSR count). The topological polar surface area (TPSA) is 80.5 Å². The summed E-state index contributed by atoms with van der Waals surface area (Å²) in [5.74, 6) is -1.19. The van der Waals surface area contributed by atoms with Crippen molar-refractivity contribution >= 4 is 15.9 Å². The molecule has 0 aliphatic carbocycles. The minimum Gasteiger partial charge on any atom is -0.336 e. The zero-order chi connectivity index (χ0) is 16.4. The quantitative estimate of drug-likeness (QED) is 0.902. The highest BCUT2D eigenvalue weighted by atomic mass is 32.2. The second-order valence-electron chi connectivity index (χ2n) is 4.97. The number of amides is 1. The largest absolute Gasteiger partial charge is 0.336 e. The number of hydrogen-bond acceptors (Lipinski definition) is 3. The minimum absolute atomic E-state index is 0.0249. The molecule has 21 heavy (non-hydrogen) atoms. The number of primary sulfonamides is 1. The molecule has 7 heteroatoms. The fraction of sp³-hybridized carbons (Fsp3) is 0.500. The van der Waals surface area contributed by atoms with Gasteiger partial charge in [-0.15, -0.1) is 0 Å². The third-order valence-corrected chi connectivity index (χ3v) is 4.62. The number of halogens is 1. The van der Waals surface area contributed by atoms with Gasteiger partial charge in [0.25, 0.3) is 5.91 Å². The van der Waals surface area contributed by atoms with E-state index in [0.717, 1.165) is 18.6 Å². The Kier molecular flexibility index (Phi) is 5.47. The van der Waals surface area contributed by atoms with Crippen LogP contribution in [0.1, 0.15) is 43.1 Å². The van der Waals surface area contributed by atoms with E-state index in [2.05, 4.69) is 0 Å². The fourth-order valence-electron chi connectivity index (χ4n) is 2.20. The molecule has 1 unspecified atom stereocenters. The lowest BCUT2D eigenvalue weighted by Crippen LogP contribution is -2.38. The van der Waals surface area contributed by atoms with Crippen LogP contribution in [0.5, 0.6) is 0 Å². The summed E-state index contributed by atoms with van der Waals surface area (Å²) in [6.45, 7) is 7.55. The number of sulfonamides is 1. The monoisotopic (exact) mass is 316 g/mol. The molecule has 0 fully saturated rings. The summed E-state index contributed by atoms with van der Waals surface area (Å²) in [5, 5.41) is 5.07. The van der Waals surface area contributed by atoms with Crippen LogP contribution >= 0.6 is 0 Å². The first kappa shape index (κ1) is 17.6. The number of rotatable bonds is 5. The van der Waals surface area contributed by atoms with Crippen molar-refractivity contribution in [3.63, 3.8) is 0 Å². The van der Waals surface area contributed by atoms with Gasteiger partial charge in [0.1, 0.15) is 5.82 Å². The molecule has 1 amide bonds. The Morgan fingerprint density at radius 1 is 1.38 bits per heavy atom. The van der Waals surface area contributed by atoms with Crippen LogP contribution in [0.4, 0.5) is 4.39 Å². The molecule has 0 bridgehead atoms. The molecule has 0 aromatic heterocycles. The van der Waals surface area contributed by atoms with E-state index in [1.54, 1.807) is 4.90 Å². The number of nitrogens with two attached hydrogens (primary N) is 1. The Balaban J connectivity index is 3.44. The van der Waals surface area contributed by atoms with E-state index in [9.17, 15) is 17.6 Å².